The van der Waals surface area contributed by atoms with Gasteiger partial charge < -0.3 is 0 Å². The highest BCUT2D eigenvalue weighted by Crippen LogP contribution is 2.68. The quantitative estimate of drug-likeness (QED) is 0.510. The summed E-state index contributed by atoms with van der Waals surface area (Å²) in [7, 11) is 0. The summed E-state index contributed by atoms with van der Waals surface area (Å²) in [5.41, 5.74) is 1.41. The Morgan fingerprint density at radius 2 is 1.61 bits per heavy atom. The standard InChI is InChI=1S/C23H40/c1-5-16(2)19-11-12-20-18-10-9-17-8-6-7-14-22(17,3)21(18)13-15-23(19,20)4/h16-21H,5-15H2,1-4H3/t16-,17+,18?,19-,20?,21?,22+,23-/m1/s1. The Morgan fingerprint density at radius 1 is 0.826 bits per heavy atom. The average Bonchev–Trinajstić information content (AvgIpc) is 2.91. The molecule has 0 heteroatoms. The van der Waals surface area contributed by atoms with Crippen LogP contribution >= 0.6 is 0 Å². The van der Waals surface area contributed by atoms with Crippen LogP contribution in [0.4, 0.5) is 0 Å². The van der Waals surface area contributed by atoms with Crippen LogP contribution in [0, 0.1) is 46.3 Å². The van der Waals surface area contributed by atoms with Gasteiger partial charge in [0, 0.05) is 0 Å². The van der Waals surface area contributed by atoms with Crippen molar-refractivity contribution in [2.75, 3.05) is 0 Å². The fourth-order valence-electron chi connectivity index (χ4n) is 8.55. The van der Waals surface area contributed by atoms with Gasteiger partial charge in [-0.15, -0.1) is 0 Å². The maximum atomic E-state index is 2.72. The molecule has 0 radical (unpaired) electrons. The van der Waals surface area contributed by atoms with Gasteiger partial charge in [-0.2, -0.15) is 0 Å². The molecule has 0 aromatic heterocycles. The predicted molar refractivity (Wildman–Crippen MR) is 99.3 cm³/mol. The minimum absolute atomic E-state index is 0.689. The van der Waals surface area contributed by atoms with Gasteiger partial charge in [0.15, 0.2) is 0 Å². The number of rotatable bonds is 2. The normalized spacial score (nSPS) is 54.0. The van der Waals surface area contributed by atoms with Crippen molar-refractivity contribution in [3.63, 3.8) is 0 Å². The lowest BCUT2D eigenvalue weighted by Crippen LogP contribution is -2.53. The molecule has 0 aromatic rings. The fourth-order valence-corrected chi connectivity index (χ4v) is 8.55. The Morgan fingerprint density at radius 3 is 2.39 bits per heavy atom. The maximum absolute atomic E-state index is 2.72. The first-order valence-corrected chi connectivity index (χ1v) is 11.0. The van der Waals surface area contributed by atoms with Crippen LogP contribution in [0.25, 0.3) is 0 Å². The molecule has 0 aliphatic heterocycles. The van der Waals surface area contributed by atoms with Crippen LogP contribution in [0.15, 0.2) is 0 Å². The highest BCUT2D eigenvalue weighted by molar-refractivity contribution is 5.09. The van der Waals surface area contributed by atoms with E-state index in [-0.39, 0.29) is 0 Å². The van der Waals surface area contributed by atoms with Gasteiger partial charge in [-0.05, 0) is 97.7 Å². The zero-order chi connectivity index (χ0) is 16.2. The van der Waals surface area contributed by atoms with Gasteiger partial charge in [0.05, 0.1) is 0 Å². The average molecular weight is 317 g/mol. The molecule has 0 saturated heterocycles. The van der Waals surface area contributed by atoms with Crippen molar-refractivity contribution in [3.8, 4) is 0 Å². The molecule has 0 spiro atoms. The van der Waals surface area contributed by atoms with Crippen LogP contribution in [-0.4, -0.2) is 0 Å². The molecule has 132 valence electrons. The summed E-state index contributed by atoms with van der Waals surface area (Å²) in [5, 5.41) is 0. The van der Waals surface area contributed by atoms with E-state index in [2.05, 4.69) is 27.7 Å². The molecule has 4 rings (SSSR count). The van der Waals surface area contributed by atoms with Crippen molar-refractivity contribution in [1.82, 2.24) is 0 Å². The van der Waals surface area contributed by atoms with Crippen LogP contribution in [0.3, 0.4) is 0 Å². The van der Waals surface area contributed by atoms with Crippen LogP contribution in [0.5, 0.6) is 0 Å². The van der Waals surface area contributed by atoms with Gasteiger partial charge in [-0.25, -0.2) is 0 Å². The summed E-state index contributed by atoms with van der Waals surface area (Å²) < 4.78 is 0. The van der Waals surface area contributed by atoms with Gasteiger partial charge in [0.2, 0.25) is 0 Å². The van der Waals surface area contributed by atoms with Crippen LogP contribution in [-0.2, 0) is 0 Å². The van der Waals surface area contributed by atoms with Crippen molar-refractivity contribution in [1.29, 1.82) is 0 Å². The third-order valence-corrected chi connectivity index (χ3v) is 9.99. The van der Waals surface area contributed by atoms with E-state index in [1.807, 2.05) is 0 Å². The zero-order valence-electron chi connectivity index (χ0n) is 16.2. The SMILES string of the molecule is CC[C@@H](C)[C@H]1CCC2C3CC[C@@H]4CCCC[C@]4(C)C3CC[C@@]21C. The third kappa shape index (κ3) is 2.29. The minimum Gasteiger partial charge on any atom is -0.0651 e. The molecule has 4 aliphatic rings. The second-order valence-corrected chi connectivity index (χ2v) is 10.5. The van der Waals surface area contributed by atoms with E-state index in [9.17, 15) is 0 Å². The number of hydrogen-bond acceptors (Lipinski definition) is 0. The van der Waals surface area contributed by atoms with Gasteiger partial charge in [-0.1, -0.05) is 47.0 Å². The maximum Gasteiger partial charge on any atom is -0.0264 e. The van der Waals surface area contributed by atoms with Crippen LogP contribution in [0.2, 0.25) is 0 Å². The first-order chi connectivity index (χ1) is 11.0. The monoisotopic (exact) mass is 316 g/mol. The molecule has 23 heavy (non-hydrogen) atoms. The molecule has 0 nitrogen and oxygen atoms in total. The van der Waals surface area contributed by atoms with Crippen molar-refractivity contribution < 1.29 is 0 Å². The number of fused-ring (bicyclic) bond motifs is 5. The lowest BCUT2D eigenvalue weighted by molar-refractivity contribution is -0.114. The molecule has 0 N–H and O–H groups in total. The molecule has 4 saturated carbocycles. The summed E-state index contributed by atoms with van der Waals surface area (Å²) in [6.45, 7) is 10.4. The van der Waals surface area contributed by atoms with E-state index in [1.165, 1.54) is 19.3 Å². The van der Waals surface area contributed by atoms with Crippen LogP contribution < -0.4 is 0 Å². The molecule has 3 unspecified atom stereocenters. The van der Waals surface area contributed by atoms with E-state index in [0.717, 1.165) is 40.9 Å². The van der Waals surface area contributed by atoms with Gasteiger partial charge >= 0.3 is 0 Å². The Hall–Kier alpha value is 0. The van der Waals surface area contributed by atoms with Crippen molar-refractivity contribution >= 4 is 0 Å². The van der Waals surface area contributed by atoms with E-state index < -0.39 is 0 Å². The van der Waals surface area contributed by atoms with Crippen molar-refractivity contribution in [3.05, 3.63) is 0 Å². The van der Waals surface area contributed by atoms with E-state index in [4.69, 9.17) is 0 Å². The summed E-state index contributed by atoms with van der Waals surface area (Å²) in [6, 6.07) is 0. The molecule has 0 heterocycles. The van der Waals surface area contributed by atoms with Gasteiger partial charge in [0.1, 0.15) is 0 Å². The lowest BCUT2D eigenvalue weighted by Gasteiger charge is -2.61. The summed E-state index contributed by atoms with van der Waals surface area (Å²) in [4.78, 5) is 0. The minimum atomic E-state index is 0.689. The topological polar surface area (TPSA) is 0 Å². The Bertz CT molecular complexity index is 439. The molecular formula is C23H40. The second-order valence-electron chi connectivity index (χ2n) is 10.5. The molecule has 4 aliphatic carbocycles. The molecule has 0 aromatic carbocycles. The molecule has 8 atom stereocenters. The Kier molecular flexibility index (Phi) is 4.13. The van der Waals surface area contributed by atoms with Crippen molar-refractivity contribution in [2.24, 2.45) is 46.3 Å². The lowest BCUT2D eigenvalue weighted by atomic mass is 9.44. The summed E-state index contributed by atoms with van der Waals surface area (Å²) >= 11 is 0. The van der Waals surface area contributed by atoms with E-state index in [0.29, 0.717) is 5.41 Å². The number of hydrogen-bond donors (Lipinski definition) is 0. The van der Waals surface area contributed by atoms with E-state index >= 15 is 0 Å². The molecule has 4 fully saturated rings. The second kappa shape index (κ2) is 5.77. The molecule has 0 amide bonds. The largest absolute Gasteiger partial charge is 0.0651 e. The third-order valence-electron chi connectivity index (χ3n) is 9.99. The smallest absolute Gasteiger partial charge is 0.0264 e. The highest BCUT2D eigenvalue weighted by atomic mass is 14.6. The first kappa shape index (κ1) is 16.5. The zero-order valence-corrected chi connectivity index (χ0v) is 16.2. The van der Waals surface area contributed by atoms with E-state index in [1.54, 1.807) is 51.4 Å². The Balaban J connectivity index is 1.60. The van der Waals surface area contributed by atoms with Crippen molar-refractivity contribution in [2.45, 2.75) is 98.3 Å². The molecule has 0 bridgehead atoms. The summed E-state index contributed by atoms with van der Waals surface area (Å²) in [6.07, 6.45) is 16.9. The molecular weight excluding hydrogens is 276 g/mol. The first-order valence-electron chi connectivity index (χ1n) is 11.0. The highest BCUT2D eigenvalue weighted by Gasteiger charge is 2.59. The predicted octanol–water partition coefficient (Wildman–Crippen LogP) is 7.08. The van der Waals surface area contributed by atoms with Gasteiger partial charge in [0.25, 0.3) is 0 Å². The van der Waals surface area contributed by atoms with Crippen LogP contribution in [0.1, 0.15) is 98.3 Å². The van der Waals surface area contributed by atoms with Gasteiger partial charge in [-0.3, -0.25) is 0 Å². The summed E-state index contributed by atoms with van der Waals surface area (Å²) in [5.74, 6) is 6.28. The Labute approximate surface area is 145 Å². The fraction of sp³-hybridized carbons (Fsp3) is 1.00.